The summed E-state index contributed by atoms with van der Waals surface area (Å²) < 4.78 is 6.80. The summed E-state index contributed by atoms with van der Waals surface area (Å²) in [6.45, 7) is 2.60. The molecule has 2 fully saturated rings. The number of rotatable bonds is 3. The maximum absolute atomic E-state index is 13.3. The Hall–Kier alpha value is -1.13. The molecule has 2 aliphatic rings. The predicted octanol–water partition coefficient (Wildman–Crippen LogP) is 2.83. The Balaban J connectivity index is 1.65. The Morgan fingerprint density at radius 2 is 1.75 bits per heavy atom. The van der Waals surface area contributed by atoms with Crippen LogP contribution in [0.15, 0.2) is 60.7 Å². The second kappa shape index (κ2) is 5.99. The van der Waals surface area contributed by atoms with Crippen LogP contribution in [0.3, 0.4) is 0 Å². The number of halogens is 1. The molecule has 24 heavy (non-hydrogen) atoms. The molecule has 3 atom stereocenters. The van der Waals surface area contributed by atoms with E-state index < -0.39 is 8.95 Å². The minimum absolute atomic E-state index is 0.00327. The average Bonchev–Trinajstić information content (AvgIpc) is 3.00. The van der Waals surface area contributed by atoms with Crippen molar-refractivity contribution >= 4 is 41.3 Å². The molecule has 2 aliphatic heterocycles. The van der Waals surface area contributed by atoms with Crippen molar-refractivity contribution in [1.29, 1.82) is 0 Å². The van der Waals surface area contributed by atoms with Crippen LogP contribution >= 0.6 is 15.9 Å². The van der Waals surface area contributed by atoms with E-state index in [2.05, 4.69) is 40.2 Å². The van der Waals surface area contributed by atoms with Crippen LogP contribution in [-0.4, -0.2) is 41.3 Å². The molecule has 0 spiro atoms. The molecule has 2 aromatic rings. The Bertz CT molecular complexity index is 756. The molecule has 0 saturated carbocycles. The molecule has 5 heteroatoms. The van der Waals surface area contributed by atoms with Crippen molar-refractivity contribution in [2.75, 3.05) is 6.61 Å². The summed E-state index contributed by atoms with van der Waals surface area (Å²) >= 11 is 3.80. The first-order valence-corrected chi connectivity index (χ1v) is 10.5. The Morgan fingerprint density at radius 1 is 1.12 bits per heavy atom. The number of fused-ring (bicyclic) bond motifs is 1. The first kappa shape index (κ1) is 16.3. The number of amides is 1. The van der Waals surface area contributed by atoms with Crippen molar-refractivity contribution in [2.45, 2.75) is 28.3 Å². The van der Waals surface area contributed by atoms with Gasteiger partial charge >= 0.3 is 157 Å². The van der Waals surface area contributed by atoms with Gasteiger partial charge < -0.3 is 0 Å². The number of nitrogens with zero attached hydrogens (tertiary/aromatic N) is 1. The van der Waals surface area contributed by atoms with E-state index >= 15 is 0 Å². The zero-order valence-electron chi connectivity index (χ0n) is 13.3. The molecular weight excluding hydrogens is 433 g/mol. The monoisotopic (exact) mass is 451 g/mol. The zero-order valence-corrected chi connectivity index (χ0v) is 16.6. The van der Waals surface area contributed by atoms with Gasteiger partial charge in [-0.25, -0.2) is 0 Å². The molecule has 0 bridgehead atoms. The van der Waals surface area contributed by atoms with Crippen LogP contribution in [0.5, 0.6) is 0 Å². The van der Waals surface area contributed by atoms with Gasteiger partial charge in [-0.2, -0.15) is 0 Å². The fraction of sp³-hybridized carbons (Fsp3) is 0.316. The summed E-state index contributed by atoms with van der Waals surface area (Å²) in [5.74, 6) is 0.153. The summed E-state index contributed by atoms with van der Waals surface area (Å²) in [6.07, 6.45) is 0.678. The van der Waals surface area contributed by atoms with Crippen molar-refractivity contribution in [3.63, 3.8) is 0 Å². The van der Waals surface area contributed by atoms with Gasteiger partial charge in [-0.05, 0) is 0 Å². The van der Waals surface area contributed by atoms with Crippen molar-refractivity contribution in [1.82, 2.24) is 4.90 Å². The maximum atomic E-state index is 13.3. The van der Waals surface area contributed by atoms with E-state index in [1.165, 1.54) is 4.46 Å². The molecule has 0 N–H and O–H groups in total. The fourth-order valence-corrected chi connectivity index (χ4v) is 7.76. The van der Waals surface area contributed by atoms with Crippen LogP contribution < -0.4 is 4.46 Å². The summed E-state index contributed by atoms with van der Waals surface area (Å²) in [4.78, 5) is 15.3. The predicted molar refractivity (Wildman–Crippen MR) is 98.5 cm³/mol. The first-order chi connectivity index (χ1) is 11.5. The molecule has 0 radical (unpaired) electrons. The van der Waals surface area contributed by atoms with Crippen LogP contribution in [0, 0.1) is 0 Å². The zero-order chi connectivity index (χ0) is 16.8. The molecule has 4 rings (SSSR count). The summed E-state index contributed by atoms with van der Waals surface area (Å²) in [5.41, 5.74) is 0.607. The van der Waals surface area contributed by atoms with Gasteiger partial charge in [0.2, 0.25) is 0 Å². The molecule has 2 saturated heterocycles. The SMILES string of the molecule is C[C@@]12C[C@](Br)([Se]c3ccccc3)C(=O)N1[C@@H](c1ccccc1)CO2. The Morgan fingerprint density at radius 3 is 2.42 bits per heavy atom. The van der Waals surface area contributed by atoms with E-state index in [4.69, 9.17) is 4.74 Å². The number of hydrogen-bond donors (Lipinski definition) is 0. The second-order valence-electron chi connectivity index (χ2n) is 6.41. The molecule has 3 nitrogen and oxygen atoms in total. The van der Waals surface area contributed by atoms with E-state index in [1.807, 2.05) is 48.2 Å². The summed E-state index contributed by atoms with van der Waals surface area (Å²) in [6, 6.07) is 20.4. The molecule has 0 aliphatic carbocycles. The second-order valence-corrected chi connectivity index (χ2v) is 11.8. The summed E-state index contributed by atoms with van der Waals surface area (Å²) in [5, 5.41) is 0. The number of ether oxygens (including phenoxy) is 1. The topological polar surface area (TPSA) is 29.5 Å². The third-order valence-corrected chi connectivity index (χ3v) is 8.55. The van der Waals surface area contributed by atoms with E-state index in [1.54, 1.807) is 0 Å². The molecule has 2 heterocycles. The van der Waals surface area contributed by atoms with E-state index in [0.717, 1.165) is 5.56 Å². The van der Waals surface area contributed by atoms with Crippen LogP contribution in [0.4, 0.5) is 0 Å². The molecule has 0 unspecified atom stereocenters. The van der Waals surface area contributed by atoms with Gasteiger partial charge in [-0.15, -0.1) is 0 Å². The molecule has 0 aromatic heterocycles. The van der Waals surface area contributed by atoms with Crippen molar-refractivity contribution in [3.05, 3.63) is 66.2 Å². The van der Waals surface area contributed by atoms with Crippen molar-refractivity contribution < 1.29 is 9.53 Å². The first-order valence-electron chi connectivity index (χ1n) is 7.97. The van der Waals surface area contributed by atoms with Gasteiger partial charge in [0, 0.05) is 0 Å². The van der Waals surface area contributed by atoms with E-state index in [-0.39, 0.29) is 26.9 Å². The van der Waals surface area contributed by atoms with Gasteiger partial charge in [-0.1, -0.05) is 0 Å². The average molecular weight is 451 g/mol. The summed E-state index contributed by atoms with van der Waals surface area (Å²) in [7, 11) is 0. The van der Waals surface area contributed by atoms with Gasteiger partial charge in [0.1, 0.15) is 0 Å². The fourth-order valence-electron chi connectivity index (χ4n) is 3.58. The molecule has 124 valence electrons. The van der Waals surface area contributed by atoms with E-state index in [0.29, 0.717) is 13.0 Å². The van der Waals surface area contributed by atoms with E-state index in [9.17, 15) is 4.79 Å². The van der Waals surface area contributed by atoms with Crippen LogP contribution in [0.25, 0.3) is 0 Å². The quantitative estimate of drug-likeness (QED) is 0.531. The Kier molecular flexibility index (Phi) is 4.08. The van der Waals surface area contributed by atoms with Crippen LogP contribution in [0.2, 0.25) is 0 Å². The number of alkyl halides is 1. The van der Waals surface area contributed by atoms with Gasteiger partial charge in [-0.3, -0.25) is 0 Å². The molecule has 1 amide bonds. The standard InChI is InChI=1S/C19H18BrNO2Se/c1-18-13-19(20,24-15-10-6-3-7-11-15)17(22)21(18)16(12-23-18)14-8-4-2-5-9-14/h2-11,16H,12-13H2,1H3/t16-,18-,19+/m1/s1. The van der Waals surface area contributed by atoms with Crippen molar-refractivity contribution in [3.8, 4) is 0 Å². The third kappa shape index (κ3) is 2.64. The Labute approximate surface area is 156 Å². The number of carbonyl (C=O) groups excluding carboxylic acids is 1. The minimum atomic E-state index is -0.538. The van der Waals surface area contributed by atoms with Crippen LogP contribution in [0.1, 0.15) is 24.9 Å². The molecule has 2 aromatic carbocycles. The van der Waals surface area contributed by atoms with Gasteiger partial charge in [0.05, 0.1) is 0 Å². The van der Waals surface area contributed by atoms with Crippen molar-refractivity contribution in [2.24, 2.45) is 0 Å². The number of hydrogen-bond acceptors (Lipinski definition) is 2. The van der Waals surface area contributed by atoms with Gasteiger partial charge in [0.25, 0.3) is 0 Å². The van der Waals surface area contributed by atoms with Gasteiger partial charge in [0.15, 0.2) is 0 Å². The normalized spacial score (nSPS) is 32.2. The van der Waals surface area contributed by atoms with Crippen LogP contribution in [-0.2, 0) is 9.53 Å². The number of carbonyl (C=O) groups is 1. The molecular formula is C19H18BrNO2Se. The number of benzene rings is 2. The third-order valence-electron chi connectivity index (χ3n) is 4.67.